The number of benzene rings is 12. The number of aromatic nitrogens is 5. The highest BCUT2D eigenvalue weighted by Gasteiger charge is 2.21. The van der Waals surface area contributed by atoms with Gasteiger partial charge in [0.05, 0.1) is 57.4 Å². The Hall–Kier alpha value is -12.8. The average Bonchev–Trinajstić information content (AvgIpc) is 0.837. The summed E-state index contributed by atoms with van der Waals surface area (Å²) in [5.74, 6) is 0.682. The fourth-order valence-electron chi connectivity index (χ4n) is 12.8. The molecule has 92 heavy (non-hydrogen) atoms. The van der Waals surface area contributed by atoms with Crippen LogP contribution in [0.15, 0.2) is 310 Å². The van der Waals surface area contributed by atoms with Gasteiger partial charge < -0.3 is 0 Å². The van der Waals surface area contributed by atoms with Crippen molar-refractivity contribution in [2.24, 2.45) is 0 Å². The normalized spacial score (nSPS) is 11.2. The summed E-state index contributed by atoms with van der Waals surface area (Å²) in [7, 11) is 0. The van der Waals surface area contributed by atoms with E-state index in [1.807, 2.05) is 103 Å². The summed E-state index contributed by atoms with van der Waals surface area (Å²) in [6.07, 6.45) is 3.59. The molecule has 0 saturated heterocycles. The average molecular weight is 1170 g/mol. The van der Waals surface area contributed by atoms with Gasteiger partial charge in [-0.3, -0.25) is 9.97 Å². The standard InChI is InChI=1S/C85H51N7/c86-52-54-24-26-59(27-25-54)84-72-38-36-63(42-66(72)37-39-73(84)77-48-62-19-8-7-18-61(62)46-76(77)69-49-82(78-22-9-11-40-88-78)90-83(50-69)79-23-10-12-41-89-79)65-34-35-67-43-68(44-70(53-87)74(67)45-65)71-21-13-20-56-30-33-64(47-75(56)71)55-28-31-58(32-29-55)81-51-80(57-14-3-1-4-15-57)91-85(92-81)60-16-5-2-6-17-60/h1-51H. The Kier molecular flexibility index (Phi) is 13.9. The molecule has 7 heteroatoms. The highest BCUT2D eigenvalue weighted by molar-refractivity contribution is 6.10. The molecule has 0 aliphatic carbocycles. The zero-order chi connectivity index (χ0) is 61.5. The molecule has 0 saturated carbocycles. The highest BCUT2D eigenvalue weighted by Crippen LogP contribution is 2.46. The number of nitrogens with zero attached hydrogens (tertiary/aromatic N) is 7. The van der Waals surface area contributed by atoms with Crippen molar-refractivity contribution in [2.45, 2.75) is 0 Å². The van der Waals surface area contributed by atoms with E-state index in [1.165, 1.54) is 0 Å². The molecule has 12 aromatic carbocycles. The summed E-state index contributed by atoms with van der Waals surface area (Å²) in [5.41, 5.74) is 21.3. The Balaban J connectivity index is 0.762. The van der Waals surface area contributed by atoms with Crippen molar-refractivity contribution < 1.29 is 0 Å². The van der Waals surface area contributed by atoms with Gasteiger partial charge in [0.15, 0.2) is 5.82 Å². The molecule has 0 amide bonds. The molecule has 0 bridgehead atoms. The zero-order valence-electron chi connectivity index (χ0n) is 49.6. The number of hydrogen-bond acceptors (Lipinski definition) is 7. The molecule has 16 aromatic rings. The summed E-state index contributed by atoms with van der Waals surface area (Å²) in [5, 5.41) is 29.3. The van der Waals surface area contributed by atoms with E-state index in [0.29, 0.717) is 17.0 Å². The van der Waals surface area contributed by atoms with Gasteiger partial charge in [-0.15, -0.1) is 0 Å². The van der Waals surface area contributed by atoms with E-state index in [9.17, 15) is 10.5 Å². The minimum Gasteiger partial charge on any atom is -0.255 e. The quantitative estimate of drug-likeness (QED) is 0.127. The van der Waals surface area contributed by atoms with E-state index in [2.05, 4.69) is 206 Å². The molecule has 0 fully saturated rings. The van der Waals surface area contributed by atoms with Gasteiger partial charge in [-0.25, -0.2) is 15.0 Å². The maximum atomic E-state index is 11.0. The van der Waals surface area contributed by atoms with Crippen LogP contribution in [0, 0.1) is 22.7 Å². The molecule has 4 aromatic heterocycles. The lowest BCUT2D eigenvalue weighted by Crippen LogP contribution is -1.96. The van der Waals surface area contributed by atoms with Gasteiger partial charge in [0.1, 0.15) is 0 Å². The van der Waals surface area contributed by atoms with Gasteiger partial charge in [0.2, 0.25) is 0 Å². The van der Waals surface area contributed by atoms with Gasteiger partial charge >= 0.3 is 0 Å². The fraction of sp³-hybridized carbons (Fsp3) is 0. The summed E-state index contributed by atoms with van der Waals surface area (Å²) in [6, 6.07) is 108. The highest BCUT2D eigenvalue weighted by atomic mass is 14.9. The zero-order valence-corrected chi connectivity index (χ0v) is 49.6. The monoisotopic (exact) mass is 1170 g/mol. The summed E-state index contributed by atoms with van der Waals surface area (Å²) in [6.45, 7) is 0. The second kappa shape index (κ2) is 23.4. The second-order valence-corrected chi connectivity index (χ2v) is 23.0. The van der Waals surface area contributed by atoms with E-state index in [4.69, 9.17) is 24.9 Å². The molecule has 0 aliphatic rings. The predicted molar refractivity (Wildman–Crippen MR) is 375 cm³/mol. The number of hydrogen-bond donors (Lipinski definition) is 0. The Morgan fingerprint density at radius 1 is 0.239 bits per heavy atom. The predicted octanol–water partition coefficient (Wildman–Crippen LogP) is 21.4. The number of pyridine rings is 3. The first kappa shape index (κ1) is 54.6. The van der Waals surface area contributed by atoms with Gasteiger partial charge in [-0.1, -0.05) is 200 Å². The van der Waals surface area contributed by atoms with Crippen molar-refractivity contribution in [1.82, 2.24) is 24.9 Å². The van der Waals surface area contributed by atoms with Crippen LogP contribution in [0.2, 0.25) is 0 Å². The van der Waals surface area contributed by atoms with Crippen molar-refractivity contribution in [3.8, 4) is 136 Å². The maximum Gasteiger partial charge on any atom is 0.160 e. The van der Waals surface area contributed by atoms with Crippen molar-refractivity contribution in [3.63, 3.8) is 0 Å². The van der Waals surface area contributed by atoms with Crippen LogP contribution in [-0.4, -0.2) is 24.9 Å². The Morgan fingerprint density at radius 3 is 1.43 bits per heavy atom. The topological polar surface area (TPSA) is 112 Å². The molecular weight excluding hydrogens is 1120 g/mol. The molecule has 4 heterocycles. The van der Waals surface area contributed by atoms with Crippen LogP contribution in [0.1, 0.15) is 11.1 Å². The largest absolute Gasteiger partial charge is 0.255 e. The maximum absolute atomic E-state index is 11.0. The number of rotatable bonds is 11. The van der Waals surface area contributed by atoms with E-state index in [-0.39, 0.29) is 0 Å². The minimum absolute atomic E-state index is 0.589. The molecular formula is C85H51N7. The third-order valence-corrected chi connectivity index (χ3v) is 17.4. The first-order valence-electron chi connectivity index (χ1n) is 30.5. The molecule has 0 atom stereocenters. The van der Waals surface area contributed by atoms with Crippen LogP contribution in [-0.2, 0) is 0 Å². The van der Waals surface area contributed by atoms with Gasteiger partial charge in [-0.05, 0) is 202 Å². The van der Waals surface area contributed by atoms with Gasteiger partial charge in [0.25, 0.3) is 0 Å². The van der Waals surface area contributed by atoms with Crippen LogP contribution < -0.4 is 0 Å². The summed E-state index contributed by atoms with van der Waals surface area (Å²) < 4.78 is 0. The third kappa shape index (κ3) is 10.3. The molecule has 0 unspecified atom stereocenters. The van der Waals surface area contributed by atoms with E-state index in [1.54, 1.807) is 12.4 Å². The minimum atomic E-state index is 0.589. The lowest BCUT2D eigenvalue weighted by Gasteiger charge is -2.20. The SMILES string of the molecule is N#Cc1ccc(-c2c(-c3cc4ccccc4cc3-c3cc(-c4ccccn4)nc(-c4ccccn4)c3)ccc3cc(-c4ccc5cc(-c6cccc7ccc(-c8ccc(-c9cc(-c%10ccccc%10)nc(-c%10ccccc%10)n9)cc8)cc67)cc(C#N)c5c4)ccc23)cc1. The third-order valence-electron chi connectivity index (χ3n) is 17.4. The van der Waals surface area contributed by atoms with Crippen LogP contribution in [0.3, 0.4) is 0 Å². The Labute approximate surface area is 531 Å². The molecule has 0 spiro atoms. The molecule has 16 rings (SSSR count). The van der Waals surface area contributed by atoms with Crippen LogP contribution in [0.5, 0.6) is 0 Å². The van der Waals surface area contributed by atoms with Crippen LogP contribution >= 0.6 is 0 Å². The second-order valence-electron chi connectivity index (χ2n) is 23.0. The molecule has 0 radical (unpaired) electrons. The van der Waals surface area contributed by atoms with E-state index >= 15 is 0 Å². The van der Waals surface area contributed by atoms with Crippen molar-refractivity contribution in [2.75, 3.05) is 0 Å². The van der Waals surface area contributed by atoms with Crippen molar-refractivity contribution in [1.29, 1.82) is 10.5 Å². The number of nitriles is 2. The first-order valence-corrected chi connectivity index (χ1v) is 30.5. The lowest BCUT2D eigenvalue weighted by atomic mass is 9.84. The molecule has 7 nitrogen and oxygen atoms in total. The van der Waals surface area contributed by atoms with Gasteiger partial charge in [0, 0.05) is 34.5 Å². The fourth-order valence-corrected chi connectivity index (χ4v) is 12.8. The summed E-state index contributed by atoms with van der Waals surface area (Å²) in [4.78, 5) is 24.7. The Bertz CT molecular complexity index is 5510. The van der Waals surface area contributed by atoms with Crippen LogP contribution in [0.4, 0.5) is 0 Å². The molecule has 426 valence electrons. The van der Waals surface area contributed by atoms with E-state index < -0.39 is 0 Å². The lowest BCUT2D eigenvalue weighted by molar-refractivity contribution is 1.18. The molecule has 0 N–H and O–H groups in total. The first-order chi connectivity index (χ1) is 45.4. The summed E-state index contributed by atoms with van der Waals surface area (Å²) >= 11 is 0. The van der Waals surface area contributed by atoms with E-state index in [0.717, 1.165) is 161 Å². The number of fused-ring (bicyclic) bond motifs is 4. The smallest absolute Gasteiger partial charge is 0.160 e. The van der Waals surface area contributed by atoms with Crippen LogP contribution in [0.25, 0.3) is 167 Å². The molecule has 0 aliphatic heterocycles. The van der Waals surface area contributed by atoms with Crippen molar-refractivity contribution >= 4 is 43.1 Å². The van der Waals surface area contributed by atoms with Crippen molar-refractivity contribution in [3.05, 3.63) is 321 Å². The Morgan fingerprint density at radius 2 is 0.761 bits per heavy atom. The van der Waals surface area contributed by atoms with Gasteiger partial charge in [-0.2, -0.15) is 10.5 Å².